The van der Waals surface area contributed by atoms with Crippen molar-refractivity contribution in [3.8, 4) is 30.9 Å². The van der Waals surface area contributed by atoms with E-state index >= 15 is 9.59 Å². The molecule has 0 spiro atoms. The summed E-state index contributed by atoms with van der Waals surface area (Å²) in [6, 6.07) is 5.72. The first-order valence-electron chi connectivity index (χ1n) is 28.9. The van der Waals surface area contributed by atoms with Crippen molar-refractivity contribution < 1.29 is 52.7 Å². The van der Waals surface area contributed by atoms with Crippen LogP contribution in [0.5, 0.6) is 0 Å². The van der Waals surface area contributed by atoms with Crippen LogP contribution in [0.25, 0.3) is 52.4 Å². The number of fused-ring (bicyclic) bond motifs is 3. The average Bonchev–Trinajstić information content (AvgIpc) is 1.29. The van der Waals surface area contributed by atoms with Gasteiger partial charge in [0, 0.05) is 92.2 Å². The zero-order valence-electron chi connectivity index (χ0n) is 46.9. The molecular weight excluding hydrogens is 1080 g/mol. The van der Waals surface area contributed by atoms with Gasteiger partial charge in [-0.15, -0.1) is 22.7 Å². The number of thiazole rings is 2. The molecule has 19 heteroatoms. The Morgan fingerprint density at radius 1 is 0.366 bits per heavy atom. The molecule has 0 N–H and O–H groups in total. The van der Waals surface area contributed by atoms with E-state index in [0.29, 0.717) is 35.4 Å². The number of hydrogen-bond donors (Lipinski definition) is 0. The van der Waals surface area contributed by atoms with Gasteiger partial charge in [0.1, 0.15) is 21.4 Å². The highest BCUT2D eigenvalue weighted by Gasteiger charge is 2.47. The predicted octanol–water partition coefficient (Wildman–Crippen LogP) is 12.6. The molecule has 0 saturated heterocycles. The van der Waals surface area contributed by atoms with Crippen LogP contribution in [-0.4, -0.2) is 120 Å². The molecule has 11 rings (SSSR count). The van der Waals surface area contributed by atoms with E-state index in [0.717, 1.165) is 119 Å². The van der Waals surface area contributed by atoms with E-state index in [1.54, 1.807) is 0 Å². The lowest BCUT2D eigenvalue weighted by Gasteiger charge is -2.34. The largest absolute Gasteiger partial charge is 0.294 e. The third-order valence-electron chi connectivity index (χ3n) is 16.6. The second kappa shape index (κ2) is 22.2. The second-order valence-electron chi connectivity index (χ2n) is 22.0. The number of unbranched alkanes of at least 4 members (excludes halogenated alkanes) is 12. The van der Waals surface area contributed by atoms with Crippen LogP contribution in [-0.2, 0) is 0 Å². The van der Waals surface area contributed by atoms with Gasteiger partial charge >= 0.3 is 0 Å². The monoisotopic (exact) mass is 1140 g/mol. The normalized spacial score (nSPS) is 15.2. The van der Waals surface area contributed by atoms with Gasteiger partial charge in [-0.2, -0.15) is 0 Å². The van der Waals surface area contributed by atoms with Crippen molar-refractivity contribution >= 4 is 109 Å². The SMILES string of the molecule is CCCCCCN1C(=O)c2cc(-c3nc4c(s3)-c3sc(-c5cc6c7c(c(C(C)=O)cc8c7c5C(=O)N(CCCCCC)C8=O)C(=O)N(CCCCCC)C6=O)nc3C4=O)c3c4c(cc(C(C)=O)c(c24)C1=O)C(=O)N(CCCCCC)C3=O. The van der Waals surface area contributed by atoms with Crippen molar-refractivity contribution in [1.82, 2.24) is 29.6 Å². The summed E-state index contributed by atoms with van der Waals surface area (Å²) in [5, 5.41) is 0.544. The summed E-state index contributed by atoms with van der Waals surface area (Å²) in [7, 11) is 0. The van der Waals surface area contributed by atoms with Crippen LogP contribution in [0.3, 0.4) is 0 Å². The minimum atomic E-state index is -0.688. The topological polar surface area (TPSA) is 227 Å². The zero-order chi connectivity index (χ0) is 58.2. The van der Waals surface area contributed by atoms with Gasteiger partial charge < -0.3 is 0 Å². The number of Topliss-reactive ketones (excluding diaryl/α,β-unsaturated/α-hetero) is 2. The molecule has 17 nitrogen and oxygen atoms in total. The van der Waals surface area contributed by atoms with Crippen molar-refractivity contribution in [3.05, 3.63) is 91.3 Å². The Bertz CT molecular complexity index is 3660. The number of nitrogens with zero attached hydrogens (tertiary/aromatic N) is 6. The summed E-state index contributed by atoms with van der Waals surface area (Å²) in [6.45, 7) is 11.0. The van der Waals surface area contributed by atoms with E-state index in [4.69, 9.17) is 9.97 Å². The maximum Gasteiger partial charge on any atom is 0.262 e. The Kier molecular flexibility index (Phi) is 15.2. The molecule has 4 aliphatic heterocycles. The number of aromatic nitrogens is 2. The molecule has 82 heavy (non-hydrogen) atoms. The second-order valence-corrected chi connectivity index (χ2v) is 24.0. The summed E-state index contributed by atoms with van der Waals surface area (Å²) in [5.74, 6) is -6.93. The number of benzene rings is 4. The molecule has 0 bridgehead atoms. The van der Waals surface area contributed by atoms with Gasteiger partial charge in [-0.1, -0.05) is 105 Å². The molecular formula is C63H62N6O11S2. The van der Waals surface area contributed by atoms with E-state index in [9.17, 15) is 43.2 Å². The standard InChI is InChI=1S/C63H62N6O11S2/c1-7-11-15-19-23-66-58(75)39-29-35(47-43-37(27-33(31(5)70)45(41(39)43)60(66)77)56(73)68(62(47)79)25-21-17-13-9-3)54-64-49-51(72)50-53(52(49)81-54)82-55(65-50)36-30-40-42-44-38(57(74)69(63(80)48(36)44)26-22-18-14-10-4)28-34(32(6)71)46(42)61(78)67(59(40)76)24-20-16-12-8-2/h27-30H,7-26H2,1-6H3. The molecule has 4 aromatic carbocycles. The first-order chi connectivity index (χ1) is 39.5. The molecule has 422 valence electrons. The Balaban J connectivity index is 1.09. The third kappa shape index (κ3) is 8.79. The van der Waals surface area contributed by atoms with Crippen LogP contribution in [0.2, 0.25) is 0 Å². The Labute approximate surface area is 481 Å². The summed E-state index contributed by atoms with van der Waals surface area (Å²) in [6.07, 6.45) is 12.1. The molecule has 0 atom stereocenters. The summed E-state index contributed by atoms with van der Waals surface area (Å²) in [4.78, 5) is 175. The molecule has 6 aromatic rings. The number of amides is 8. The highest BCUT2D eigenvalue weighted by Crippen LogP contribution is 2.53. The number of hydrogen-bond acceptors (Lipinski definition) is 15. The van der Waals surface area contributed by atoms with Gasteiger partial charge in [0.05, 0.1) is 32.0 Å². The van der Waals surface area contributed by atoms with Gasteiger partial charge in [-0.05, 0) is 63.8 Å². The van der Waals surface area contributed by atoms with Crippen LogP contribution in [0.4, 0.5) is 0 Å². The van der Waals surface area contributed by atoms with Gasteiger partial charge in [0.15, 0.2) is 11.6 Å². The first-order valence-corrected chi connectivity index (χ1v) is 30.5. The molecule has 1 aliphatic carbocycles. The highest BCUT2D eigenvalue weighted by molar-refractivity contribution is 7.26. The van der Waals surface area contributed by atoms with Crippen molar-refractivity contribution in [3.63, 3.8) is 0 Å². The Morgan fingerprint density at radius 2 is 0.646 bits per heavy atom. The fourth-order valence-corrected chi connectivity index (χ4v) is 14.7. The average molecular weight is 1140 g/mol. The van der Waals surface area contributed by atoms with Crippen LogP contribution >= 0.6 is 22.7 Å². The lowest BCUT2D eigenvalue weighted by Crippen LogP contribution is -2.44. The van der Waals surface area contributed by atoms with Crippen LogP contribution in [0, 0.1) is 0 Å². The number of rotatable bonds is 24. The lowest BCUT2D eigenvalue weighted by atomic mass is 9.80. The molecule has 0 unspecified atom stereocenters. The van der Waals surface area contributed by atoms with Gasteiger partial charge in [-0.25, -0.2) is 9.97 Å². The van der Waals surface area contributed by atoms with E-state index in [-0.39, 0.29) is 136 Å². The van der Waals surface area contributed by atoms with E-state index in [1.807, 2.05) is 27.7 Å². The fraction of sp³-hybridized carbons (Fsp3) is 0.413. The Morgan fingerprint density at radius 3 is 0.939 bits per heavy atom. The molecule has 0 saturated carbocycles. The van der Waals surface area contributed by atoms with E-state index in [1.165, 1.54) is 38.1 Å². The minimum Gasteiger partial charge on any atom is -0.294 e. The molecule has 2 aromatic heterocycles. The van der Waals surface area contributed by atoms with Gasteiger partial charge in [0.2, 0.25) is 5.78 Å². The smallest absolute Gasteiger partial charge is 0.262 e. The minimum absolute atomic E-state index is 0.00415. The highest BCUT2D eigenvalue weighted by atomic mass is 32.1. The molecule has 0 fully saturated rings. The number of carbonyl (C=O) groups is 11. The van der Waals surface area contributed by atoms with Crippen molar-refractivity contribution in [2.24, 2.45) is 0 Å². The summed E-state index contributed by atoms with van der Waals surface area (Å²) < 4.78 is 0. The number of ketones is 3. The van der Waals surface area contributed by atoms with Crippen molar-refractivity contribution in [1.29, 1.82) is 0 Å². The predicted molar refractivity (Wildman–Crippen MR) is 311 cm³/mol. The molecule has 5 aliphatic rings. The quantitative estimate of drug-likeness (QED) is 0.0312. The first kappa shape index (κ1) is 56.1. The van der Waals surface area contributed by atoms with E-state index < -0.39 is 64.6 Å². The fourth-order valence-electron chi connectivity index (χ4n) is 12.4. The lowest BCUT2D eigenvalue weighted by molar-refractivity contribution is 0.0585. The van der Waals surface area contributed by atoms with Crippen LogP contribution < -0.4 is 0 Å². The maximum atomic E-state index is 15.1. The van der Waals surface area contributed by atoms with Crippen molar-refractivity contribution in [2.45, 2.75) is 144 Å². The summed E-state index contributed by atoms with van der Waals surface area (Å²) in [5.41, 5.74) is 0.156. The molecule has 0 radical (unpaired) electrons. The zero-order valence-corrected chi connectivity index (χ0v) is 48.6. The summed E-state index contributed by atoms with van der Waals surface area (Å²) >= 11 is 2.12. The third-order valence-corrected chi connectivity index (χ3v) is 18.9. The molecule has 6 heterocycles. The van der Waals surface area contributed by atoms with Crippen molar-refractivity contribution in [2.75, 3.05) is 26.2 Å². The number of carbonyl (C=O) groups excluding carboxylic acids is 11. The van der Waals surface area contributed by atoms with Gasteiger partial charge in [0.25, 0.3) is 47.3 Å². The van der Waals surface area contributed by atoms with E-state index in [2.05, 4.69) is 0 Å². The molecule has 8 amide bonds. The van der Waals surface area contributed by atoms with Crippen LogP contribution in [0.1, 0.15) is 264 Å². The Hall–Kier alpha value is -7.77. The maximum absolute atomic E-state index is 15.1. The van der Waals surface area contributed by atoms with Gasteiger partial charge in [-0.3, -0.25) is 72.3 Å². The number of imide groups is 4. The van der Waals surface area contributed by atoms with Crippen LogP contribution in [0.15, 0.2) is 24.3 Å².